The highest BCUT2D eigenvalue weighted by molar-refractivity contribution is 5.94. The number of dihydropyridines is 1. The number of hydrogen-bond acceptors (Lipinski definition) is 5. The van der Waals surface area contributed by atoms with Gasteiger partial charge in [0.15, 0.2) is 0 Å². The van der Waals surface area contributed by atoms with E-state index in [1.807, 2.05) is 27.0 Å². The third-order valence-corrected chi connectivity index (χ3v) is 5.71. The van der Waals surface area contributed by atoms with E-state index in [-0.39, 0.29) is 11.9 Å². The third kappa shape index (κ3) is 5.52. The zero-order chi connectivity index (χ0) is 23.3. The Labute approximate surface area is 188 Å². The molecule has 3 atom stereocenters. The highest BCUT2D eigenvalue weighted by atomic mass is 19.1. The molecule has 3 rings (SSSR count). The van der Waals surface area contributed by atoms with Crippen molar-refractivity contribution in [2.24, 2.45) is 11.1 Å². The van der Waals surface area contributed by atoms with Crippen LogP contribution in [0.25, 0.3) is 6.08 Å². The average molecular weight is 439 g/mol. The predicted molar refractivity (Wildman–Crippen MR) is 126 cm³/mol. The zero-order valence-corrected chi connectivity index (χ0v) is 19.0. The van der Waals surface area contributed by atoms with Gasteiger partial charge in [-0.05, 0) is 67.5 Å². The first-order valence-corrected chi connectivity index (χ1v) is 11.0. The summed E-state index contributed by atoms with van der Waals surface area (Å²) in [6.07, 6.45) is 12.8. The van der Waals surface area contributed by atoms with Gasteiger partial charge in [-0.3, -0.25) is 4.79 Å². The van der Waals surface area contributed by atoms with Gasteiger partial charge in [-0.1, -0.05) is 37.2 Å². The van der Waals surface area contributed by atoms with Crippen molar-refractivity contribution < 1.29 is 14.4 Å². The molecule has 0 spiro atoms. The molecule has 1 aliphatic carbocycles. The zero-order valence-electron chi connectivity index (χ0n) is 19.0. The quantitative estimate of drug-likeness (QED) is 0.229. The van der Waals surface area contributed by atoms with Crippen LogP contribution in [0.4, 0.5) is 10.2 Å². The van der Waals surface area contributed by atoms with Crippen molar-refractivity contribution in [3.05, 3.63) is 64.5 Å². The molecule has 0 aromatic carbocycles. The van der Waals surface area contributed by atoms with E-state index in [0.29, 0.717) is 24.4 Å². The Morgan fingerprint density at radius 1 is 1.41 bits per heavy atom. The van der Waals surface area contributed by atoms with E-state index in [1.165, 1.54) is 0 Å². The molecular formula is C25H31FN4O2. The molecule has 1 aromatic heterocycles. The van der Waals surface area contributed by atoms with Crippen LogP contribution in [0.15, 0.2) is 58.6 Å². The van der Waals surface area contributed by atoms with Crippen LogP contribution in [-0.4, -0.2) is 34.0 Å². The number of anilines is 1. The van der Waals surface area contributed by atoms with Crippen LogP contribution in [0.3, 0.4) is 0 Å². The van der Waals surface area contributed by atoms with Crippen LogP contribution in [0.1, 0.15) is 51.2 Å². The van der Waals surface area contributed by atoms with Gasteiger partial charge in [-0.25, -0.2) is 9.37 Å². The van der Waals surface area contributed by atoms with Gasteiger partial charge in [0.25, 0.3) is 0 Å². The number of alkyl halides is 1. The van der Waals surface area contributed by atoms with Crippen molar-refractivity contribution in [1.29, 1.82) is 0 Å². The fourth-order valence-corrected chi connectivity index (χ4v) is 3.60. The number of halogens is 1. The Morgan fingerprint density at radius 2 is 2.16 bits per heavy atom. The fourth-order valence-electron chi connectivity index (χ4n) is 3.60. The van der Waals surface area contributed by atoms with Crippen molar-refractivity contribution in [3.63, 3.8) is 0 Å². The molecule has 170 valence electrons. The number of aromatic nitrogens is 1. The molecule has 1 amide bonds. The van der Waals surface area contributed by atoms with Crippen molar-refractivity contribution in [1.82, 2.24) is 10.3 Å². The Morgan fingerprint density at radius 3 is 2.72 bits per heavy atom. The number of rotatable bonds is 8. The third-order valence-electron chi connectivity index (χ3n) is 5.71. The SMILES string of the molecule is CC/C=C/C(=C\c1cnc(NC(=O)C2CC2F)cc1C)C1=CNC(/C(CC)=N\O)C=C1C. The molecule has 32 heavy (non-hydrogen) atoms. The molecule has 2 heterocycles. The maximum absolute atomic E-state index is 13.1. The number of carbonyl (C=O) groups is 1. The summed E-state index contributed by atoms with van der Waals surface area (Å²) in [6, 6.07) is 1.67. The van der Waals surface area contributed by atoms with E-state index in [2.05, 4.69) is 52.0 Å². The van der Waals surface area contributed by atoms with Crippen LogP contribution in [0, 0.1) is 12.8 Å². The molecule has 6 nitrogen and oxygen atoms in total. The lowest BCUT2D eigenvalue weighted by atomic mass is 9.92. The average Bonchev–Trinajstić information content (AvgIpc) is 3.51. The summed E-state index contributed by atoms with van der Waals surface area (Å²) in [5.74, 6) is -0.427. The Hall–Kier alpha value is -3.22. The standard InChI is InChI=1S/C25H31FN4O2/c1-5-7-8-17(20-14-27-23(9-16(20)4)22(6-2)30-32)11-18-13-28-24(10-15(18)3)29-25(31)19-12-21(19)26/h7-11,13-14,19,21,23,27,32H,5-6,12H2,1-4H3,(H,28,29,31)/b8-7+,17-11+,30-22-. The van der Waals surface area contributed by atoms with Gasteiger partial charge in [-0.2, -0.15) is 0 Å². The summed E-state index contributed by atoms with van der Waals surface area (Å²) < 4.78 is 13.1. The fraction of sp³-hybridized carbons (Fsp3) is 0.400. The van der Waals surface area contributed by atoms with Gasteiger partial charge >= 0.3 is 0 Å². The number of aryl methyl sites for hydroxylation is 1. The largest absolute Gasteiger partial charge is 0.411 e. The van der Waals surface area contributed by atoms with Crippen molar-refractivity contribution in [2.45, 2.75) is 59.2 Å². The summed E-state index contributed by atoms with van der Waals surface area (Å²) in [6.45, 7) is 8.03. The van der Waals surface area contributed by atoms with Crippen molar-refractivity contribution in [2.75, 3.05) is 5.32 Å². The number of hydrogen-bond donors (Lipinski definition) is 3. The lowest BCUT2D eigenvalue weighted by Gasteiger charge is -2.23. The summed E-state index contributed by atoms with van der Waals surface area (Å²) in [7, 11) is 0. The van der Waals surface area contributed by atoms with Gasteiger partial charge in [0.05, 0.1) is 17.7 Å². The van der Waals surface area contributed by atoms with Crippen molar-refractivity contribution >= 4 is 23.5 Å². The number of carbonyl (C=O) groups excluding carboxylic acids is 1. The molecule has 3 unspecified atom stereocenters. The van der Waals surface area contributed by atoms with Gasteiger partial charge in [-0.15, -0.1) is 0 Å². The molecule has 1 aromatic rings. The molecule has 2 aliphatic rings. The summed E-state index contributed by atoms with van der Waals surface area (Å²) in [5.41, 5.74) is 5.70. The monoisotopic (exact) mass is 438 g/mol. The second kappa shape index (κ2) is 10.4. The molecule has 1 fully saturated rings. The van der Waals surface area contributed by atoms with Gasteiger partial charge in [0.2, 0.25) is 5.91 Å². The normalized spacial score (nSPS) is 23.5. The summed E-state index contributed by atoms with van der Waals surface area (Å²) in [5, 5.41) is 18.6. The maximum Gasteiger partial charge on any atom is 0.231 e. The number of amides is 1. The molecule has 7 heteroatoms. The lowest BCUT2D eigenvalue weighted by Crippen LogP contribution is -2.34. The second-order valence-electron chi connectivity index (χ2n) is 8.18. The first-order chi connectivity index (χ1) is 15.4. The minimum Gasteiger partial charge on any atom is -0.411 e. The molecule has 1 aliphatic heterocycles. The van der Waals surface area contributed by atoms with Gasteiger partial charge in [0.1, 0.15) is 12.0 Å². The minimum atomic E-state index is -1.03. The van der Waals surface area contributed by atoms with Crippen LogP contribution in [-0.2, 0) is 4.79 Å². The van der Waals surface area contributed by atoms with E-state index in [1.54, 1.807) is 12.3 Å². The molecule has 0 saturated heterocycles. The highest BCUT2D eigenvalue weighted by Crippen LogP contribution is 2.34. The van der Waals surface area contributed by atoms with Gasteiger partial charge in [0, 0.05) is 18.0 Å². The van der Waals surface area contributed by atoms with Crippen LogP contribution in [0.2, 0.25) is 0 Å². The van der Waals surface area contributed by atoms with Crippen molar-refractivity contribution in [3.8, 4) is 0 Å². The number of allylic oxidation sites excluding steroid dienone is 5. The van der Waals surface area contributed by atoms with Crippen LogP contribution in [0.5, 0.6) is 0 Å². The Bertz CT molecular complexity index is 1020. The van der Waals surface area contributed by atoms with E-state index in [4.69, 9.17) is 0 Å². The lowest BCUT2D eigenvalue weighted by molar-refractivity contribution is -0.117. The summed E-state index contributed by atoms with van der Waals surface area (Å²) >= 11 is 0. The molecule has 1 saturated carbocycles. The number of nitrogens with zero attached hydrogens (tertiary/aromatic N) is 2. The van der Waals surface area contributed by atoms with Crippen LogP contribution < -0.4 is 10.6 Å². The smallest absolute Gasteiger partial charge is 0.231 e. The minimum absolute atomic E-state index is 0.133. The Kier molecular flexibility index (Phi) is 7.62. The summed E-state index contributed by atoms with van der Waals surface area (Å²) in [4.78, 5) is 16.3. The van der Waals surface area contributed by atoms with E-state index in [0.717, 1.165) is 34.3 Å². The molecule has 0 radical (unpaired) electrons. The number of pyridine rings is 1. The second-order valence-corrected chi connectivity index (χ2v) is 8.18. The van der Waals surface area contributed by atoms with Gasteiger partial charge < -0.3 is 15.8 Å². The topological polar surface area (TPSA) is 86.6 Å². The molecule has 3 N–H and O–H groups in total. The van der Waals surface area contributed by atoms with Crippen LogP contribution >= 0.6 is 0 Å². The predicted octanol–water partition coefficient (Wildman–Crippen LogP) is 5.08. The number of oxime groups is 1. The maximum atomic E-state index is 13.1. The van der Waals surface area contributed by atoms with E-state index in [9.17, 15) is 14.4 Å². The molecular weight excluding hydrogens is 407 g/mol. The first kappa shape index (κ1) is 23.4. The number of nitrogens with one attached hydrogen (secondary N) is 2. The van der Waals surface area contributed by atoms with E-state index >= 15 is 0 Å². The van der Waals surface area contributed by atoms with E-state index < -0.39 is 12.1 Å². The highest BCUT2D eigenvalue weighted by Gasteiger charge is 2.43. The molecule has 0 bridgehead atoms. The Balaban J connectivity index is 1.85. The first-order valence-electron chi connectivity index (χ1n) is 11.0.